The fraction of sp³-hybridized carbons (Fsp3) is 0.364. The Bertz CT molecular complexity index is 1040. The highest BCUT2D eigenvalue weighted by Gasteiger charge is 2.25. The van der Waals surface area contributed by atoms with Crippen molar-refractivity contribution < 1.29 is 18.7 Å². The Hall–Kier alpha value is -2.13. The molecule has 0 bridgehead atoms. The van der Waals surface area contributed by atoms with Gasteiger partial charge in [0, 0.05) is 13.1 Å². The van der Waals surface area contributed by atoms with Gasteiger partial charge in [0.2, 0.25) is 0 Å². The first-order valence-electron chi connectivity index (χ1n) is 9.94. The van der Waals surface area contributed by atoms with Crippen LogP contribution in [-0.2, 0) is 0 Å². The standard InChI is InChI=1S/C22H25ClFN3O3S.ClH/c1-5-26(6-2)11-12-27(21(28)15-8-7-14(24)13-16(15)23)22-25-19-17(29-3)9-10-18(30-4)20(19)31-22;/h7-10,13H,5-6,11-12H2,1-4H3;1H. The maximum atomic E-state index is 13.5. The average molecular weight is 502 g/mol. The van der Waals surface area contributed by atoms with Crippen molar-refractivity contribution >= 4 is 56.6 Å². The highest BCUT2D eigenvalue weighted by atomic mass is 35.5. The van der Waals surface area contributed by atoms with Crippen LogP contribution in [0.5, 0.6) is 11.5 Å². The van der Waals surface area contributed by atoms with E-state index in [1.54, 1.807) is 25.2 Å². The molecule has 0 unspecified atom stereocenters. The molecular weight excluding hydrogens is 476 g/mol. The Morgan fingerprint density at radius 3 is 2.34 bits per heavy atom. The Kier molecular flexibility index (Phi) is 9.51. The van der Waals surface area contributed by atoms with E-state index < -0.39 is 5.82 Å². The Balaban J connectivity index is 0.00000363. The van der Waals surface area contributed by atoms with E-state index in [0.717, 1.165) is 23.9 Å². The summed E-state index contributed by atoms with van der Waals surface area (Å²) in [5, 5.41) is 0.560. The largest absolute Gasteiger partial charge is 0.495 e. The Labute approximate surface area is 202 Å². The summed E-state index contributed by atoms with van der Waals surface area (Å²) in [6, 6.07) is 7.36. The molecule has 1 amide bonds. The minimum Gasteiger partial charge on any atom is -0.495 e. The third-order valence-electron chi connectivity index (χ3n) is 5.07. The molecule has 0 aliphatic rings. The van der Waals surface area contributed by atoms with E-state index in [9.17, 15) is 9.18 Å². The van der Waals surface area contributed by atoms with Crippen LogP contribution >= 0.6 is 35.3 Å². The zero-order valence-electron chi connectivity index (χ0n) is 18.4. The minimum absolute atomic E-state index is 0. The van der Waals surface area contributed by atoms with Gasteiger partial charge < -0.3 is 14.4 Å². The third-order valence-corrected chi connectivity index (χ3v) is 6.48. The number of rotatable bonds is 9. The van der Waals surface area contributed by atoms with Crippen LogP contribution in [0.15, 0.2) is 30.3 Å². The molecule has 0 atom stereocenters. The Morgan fingerprint density at radius 2 is 1.75 bits per heavy atom. The second-order valence-electron chi connectivity index (χ2n) is 6.75. The van der Waals surface area contributed by atoms with Gasteiger partial charge in [0.1, 0.15) is 27.5 Å². The number of carbonyl (C=O) groups is 1. The number of methoxy groups -OCH3 is 2. The molecule has 174 valence electrons. The van der Waals surface area contributed by atoms with E-state index in [1.165, 1.54) is 23.5 Å². The first kappa shape index (κ1) is 26.1. The zero-order chi connectivity index (χ0) is 22.5. The van der Waals surface area contributed by atoms with Gasteiger partial charge in [-0.05, 0) is 43.4 Å². The maximum absolute atomic E-state index is 13.5. The van der Waals surface area contributed by atoms with Crippen LogP contribution in [0.25, 0.3) is 10.2 Å². The first-order chi connectivity index (χ1) is 14.9. The monoisotopic (exact) mass is 501 g/mol. The first-order valence-corrected chi connectivity index (χ1v) is 11.1. The average Bonchev–Trinajstić information content (AvgIpc) is 3.20. The summed E-state index contributed by atoms with van der Waals surface area (Å²) in [4.78, 5) is 21.9. The lowest BCUT2D eigenvalue weighted by atomic mass is 10.2. The molecule has 0 N–H and O–H groups in total. The van der Waals surface area contributed by atoms with E-state index in [1.807, 2.05) is 6.07 Å². The molecule has 6 nitrogen and oxygen atoms in total. The van der Waals surface area contributed by atoms with E-state index in [-0.39, 0.29) is 28.9 Å². The van der Waals surface area contributed by atoms with E-state index in [0.29, 0.717) is 35.2 Å². The van der Waals surface area contributed by atoms with Crippen molar-refractivity contribution in [2.24, 2.45) is 0 Å². The summed E-state index contributed by atoms with van der Waals surface area (Å²) >= 11 is 7.53. The fourth-order valence-electron chi connectivity index (χ4n) is 3.26. The number of hydrogen-bond donors (Lipinski definition) is 0. The second kappa shape index (κ2) is 11.7. The molecule has 0 fully saturated rings. The number of ether oxygens (including phenoxy) is 2. The summed E-state index contributed by atoms with van der Waals surface area (Å²) in [6.07, 6.45) is 0. The summed E-state index contributed by atoms with van der Waals surface area (Å²) in [6.45, 7) is 6.91. The number of fused-ring (bicyclic) bond motifs is 1. The molecule has 0 spiro atoms. The lowest BCUT2D eigenvalue weighted by Crippen LogP contribution is -2.39. The SMILES string of the molecule is CCN(CC)CCN(C(=O)c1ccc(F)cc1Cl)c1nc2c(OC)ccc(OC)c2s1.Cl. The number of nitrogens with zero attached hydrogens (tertiary/aromatic N) is 3. The predicted octanol–water partition coefficient (Wildman–Crippen LogP) is 5.52. The molecule has 1 heterocycles. The number of halogens is 3. The zero-order valence-corrected chi connectivity index (χ0v) is 20.7. The van der Waals surface area contributed by atoms with Crippen LogP contribution in [-0.4, -0.2) is 56.2 Å². The molecule has 0 aliphatic heterocycles. The van der Waals surface area contributed by atoms with Gasteiger partial charge in [-0.15, -0.1) is 12.4 Å². The smallest absolute Gasteiger partial charge is 0.261 e. The molecule has 1 aromatic heterocycles. The summed E-state index contributed by atoms with van der Waals surface area (Å²) in [5.41, 5.74) is 0.841. The van der Waals surface area contributed by atoms with E-state index in [4.69, 9.17) is 26.1 Å². The Morgan fingerprint density at radius 1 is 1.09 bits per heavy atom. The molecular formula is C22H26Cl2FN3O3S. The van der Waals surface area contributed by atoms with Gasteiger partial charge in [0.15, 0.2) is 5.13 Å². The van der Waals surface area contributed by atoms with Crippen LogP contribution in [0.1, 0.15) is 24.2 Å². The summed E-state index contributed by atoms with van der Waals surface area (Å²) in [7, 11) is 3.16. The quantitative estimate of drug-likeness (QED) is 0.386. The molecule has 0 radical (unpaired) electrons. The van der Waals surface area contributed by atoms with Crippen molar-refractivity contribution in [1.29, 1.82) is 0 Å². The van der Waals surface area contributed by atoms with Gasteiger partial charge in [-0.1, -0.05) is 36.8 Å². The third kappa shape index (κ3) is 5.43. The number of amides is 1. The number of thiazole rings is 1. The lowest BCUT2D eigenvalue weighted by molar-refractivity contribution is 0.0984. The number of benzene rings is 2. The summed E-state index contributed by atoms with van der Waals surface area (Å²) in [5.74, 6) is 0.407. The van der Waals surface area contributed by atoms with Crippen molar-refractivity contribution in [2.45, 2.75) is 13.8 Å². The summed E-state index contributed by atoms with van der Waals surface area (Å²) < 4.78 is 25.2. The van der Waals surface area contributed by atoms with Crippen LogP contribution < -0.4 is 14.4 Å². The van der Waals surface area contributed by atoms with E-state index >= 15 is 0 Å². The molecule has 0 saturated heterocycles. The van der Waals surface area contributed by atoms with Crippen LogP contribution in [0, 0.1) is 5.82 Å². The van der Waals surface area contributed by atoms with Gasteiger partial charge in [0.05, 0.1) is 24.8 Å². The van der Waals surface area contributed by atoms with Crippen molar-refractivity contribution in [3.05, 3.63) is 46.7 Å². The van der Waals surface area contributed by atoms with Crippen LogP contribution in [0.4, 0.5) is 9.52 Å². The van der Waals surface area contributed by atoms with Gasteiger partial charge >= 0.3 is 0 Å². The predicted molar refractivity (Wildman–Crippen MR) is 131 cm³/mol. The molecule has 0 aliphatic carbocycles. The van der Waals surface area contributed by atoms with Crippen LogP contribution in [0.2, 0.25) is 5.02 Å². The molecule has 10 heteroatoms. The van der Waals surface area contributed by atoms with Crippen molar-refractivity contribution in [2.75, 3.05) is 45.3 Å². The van der Waals surface area contributed by atoms with Crippen molar-refractivity contribution in [3.8, 4) is 11.5 Å². The number of aromatic nitrogens is 1. The topological polar surface area (TPSA) is 54.9 Å². The van der Waals surface area contributed by atoms with Gasteiger partial charge in [-0.3, -0.25) is 9.69 Å². The molecule has 2 aromatic carbocycles. The molecule has 3 aromatic rings. The molecule has 32 heavy (non-hydrogen) atoms. The van der Waals surface area contributed by atoms with Crippen LogP contribution in [0.3, 0.4) is 0 Å². The highest BCUT2D eigenvalue weighted by molar-refractivity contribution is 7.22. The normalized spacial score (nSPS) is 10.8. The number of carbonyl (C=O) groups excluding carboxylic acids is 1. The second-order valence-corrected chi connectivity index (χ2v) is 8.14. The minimum atomic E-state index is -0.495. The fourth-order valence-corrected chi connectivity index (χ4v) is 4.61. The van der Waals surface area contributed by atoms with Gasteiger partial charge in [-0.2, -0.15) is 0 Å². The van der Waals surface area contributed by atoms with Gasteiger partial charge in [-0.25, -0.2) is 9.37 Å². The van der Waals surface area contributed by atoms with Gasteiger partial charge in [0.25, 0.3) is 5.91 Å². The highest BCUT2D eigenvalue weighted by Crippen LogP contribution is 2.40. The number of hydrogen-bond acceptors (Lipinski definition) is 6. The number of likely N-dealkylation sites (N-methyl/N-ethyl adjacent to an activating group) is 1. The van der Waals surface area contributed by atoms with Crippen molar-refractivity contribution in [3.63, 3.8) is 0 Å². The molecule has 3 rings (SSSR count). The number of anilines is 1. The molecule has 0 saturated carbocycles. The van der Waals surface area contributed by atoms with Crippen molar-refractivity contribution in [1.82, 2.24) is 9.88 Å². The van der Waals surface area contributed by atoms with E-state index in [2.05, 4.69) is 18.7 Å². The lowest BCUT2D eigenvalue weighted by Gasteiger charge is -2.25. The maximum Gasteiger partial charge on any atom is 0.261 e.